The van der Waals surface area contributed by atoms with Gasteiger partial charge in [-0.3, -0.25) is 14.5 Å². The van der Waals surface area contributed by atoms with Crippen molar-refractivity contribution in [3.8, 4) is 5.75 Å². The van der Waals surface area contributed by atoms with Crippen LogP contribution >= 0.6 is 11.3 Å². The predicted molar refractivity (Wildman–Crippen MR) is 130 cm³/mol. The number of aromatic nitrogens is 1. The normalized spacial score (nSPS) is 20.6. The number of anilines is 1. The Morgan fingerprint density at radius 1 is 1.20 bits per heavy atom. The van der Waals surface area contributed by atoms with Gasteiger partial charge in [0.05, 0.1) is 24.4 Å². The SMILES string of the molecule is COC(=O)c1sc(N2C(=O)C(=O)/C(=C(/O)c3ccc4c(c3)CC(C)O4)C2c2ccccc2)nc1C. The third kappa shape index (κ3) is 3.77. The number of benzene rings is 2. The topological polar surface area (TPSA) is 106 Å². The summed E-state index contributed by atoms with van der Waals surface area (Å²) in [5, 5.41) is 11.5. The number of carbonyl (C=O) groups excluding carboxylic acids is 3. The van der Waals surface area contributed by atoms with Crippen molar-refractivity contribution in [2.24, 2.45) is 0 Å². The lowest BCUT2D eigenvalue weighted by atomic mass is 9.94. The van der Waals surface area contributed by atoms with E-state index in [1.54, 1.807) is 49.4 Å². The summed E-state index contributed by atoms with van der Waals surface area (Å²) in [4.78, 5) is 44.6. The number of hydrogen-bond acceptors (Lipinski definition) is 8. The summed E-state index contributed by atoms with van der Waals surface area (Å²) in [6.07, 6.45) is 0.705. The number of carbonyl (C=O) groups is 3. The Hall–Kier alpha value is -3.98. The van der Waals surface area contributed by atoms with Crippen LogP contribution in [0.1, 0.15) is 45.0 Å². The van der Waals surface area contributed by atoms with Crippen molar-refractivity contribution in [3.05, 3.63) is 81.4 Å². The number of Topliss-reactive ketones (excluding diaryl/α,β-unsaturated/α-hetero) is 1. The fourth-order valence-corrected chi connectivity index (χ4v) is 5.48. The molecule has 5 rings (SSSR count). The molecule has 35 heavy (non-hydrogen) atoms. The maximum absolute atomic E-state index is 13.3. The zero-order valence-electron chi connectivity index (χ0n) is 19.3. The van der Waals surface area contributed by atoms with Crippen LogP contribution in [0.4, 0.5) is 5.13 Å². The lowest BCUT2D eigenvalue weighted by molar-refractivity contribution is -0.132. The molecule has 2 aliphatic rings. The number of amides is 1. The Morgan fingerprint density at radius 3 is 2.66 bits per heavy atom. The highest BCUT2D eigenvalue weighted by Gasteiger charge is 2.48. The van der Waals surface area contributed by atoms with Crippen molar-refractivity contribution in [3.63, 3.8) is 0 Å². The molecule has 8 nitrogen and oxygen atoms in total. The van der Waals surface area contributed by atoms with Gasteiger partial charge in [-0.15, -0.1) is 0 Å². The number of aryl methyl sites for hydroxylation is 1. The largest absolute Gasteiger partial charge is 0.507 e. The number of hydrogen-bond donors (Lipinski definition) is 1. The minimum absolute atomic E-state index is 0.0226. The molecule has 3 aromatic rings. The Bertz CT molecular complexity index is 1390. The molecule has 1 aromatic heterocycles. The highest BCUT2D eigenvalue weighted by molar-refractivity contribution is 7.17. The Morgan fingerprint density at radius 2 is 1.94 bits per heavy atom. The summed E-state index contributed by atoms with van der Waals surface area (Å²) in [5.74, 6) is -1.77. The first-order chi connectivity index (χ1) is 16.8. The van der Waals surface area contributed by atoms with E-state index in [2.05, 4.69) is 4.98 Å². The molecule has 0 aliphatic carbocycles. The number of ether oxygens (including phenoxy) is 2. The third-order valence-electron chi connectivity index (χ3n) is 6.09. The molecular formula is C26H22N2O6S. The van der Waals surface area contributed by atoms with E-state index >= 15 is 0 Å². The first-order valence-corrected chi connectivity index (χ1v) is 11.8. The molecule has 9 heteroatoms. The predicted octanol–water partition coefficient (Wildman–Crippen LogP) is 4.19. The molecule has 2 unspecified atom stereocenters. The van der Waals surface area contributed by atoms with Gasteiger partial charge < -0.3 is 14.6 Å². The van der Waals surface area contributed by atoms with Gasteiger partial charge in [0.1, 0.15) is 22.5 Å². The number of methoxy groups -OCH3 is 1. The highest BCUT2D eigenvalue weighted by atomic mass is 32.1. The summed E-state index contributed by atoms with van der Waals surface area (Å²) in [7, 11) is 1.26. The molecule has 1 N–H and O–H groups in total. The maximum Gasteiger partial charge on any atom is 0.350 e. The quantitative estimate of drug-likeness (QED) is 0.253. The van der Waals surface area contributed by atoms with E-state index in [-0.39, 0.29) is 27.4 Å². The van der Waals surface area contributed by atoms with Gasteiger partial charge in [0.2, 0.25) is 0 Å². The minimum Gasteiger partial charge on any atom is -0.507 e. The van der Waals surface area contributed by atoms with E-state index in [0.29, 0.717) is 23.2 Å². The van der Waals surface area contributed by atoms with Crippen LogP contribution in [0.15, 0.2) is 54.1 Å². The van der Waals surface area contributed by atoms with Crippen LogP contribution in [0.2, 0.25) is 0 Å². The van der Waals surface area contributed by atoms with Crippen LogP contribution in [0, 0.1) is 6.92 Å². The monoisotopic (exact) mass is 490 g/mol. The maximum atomic E-state index is 13.3. The fraction of sp³-hybridized carbons (Fsp3) is 0.231. The zero-order valence-corrected chi connectivity index (χ0v) is 20.1. The Kier molecular flexibility index (Phi) is 5.64. The number of esters is 1. The average Bonchev–Trinajstić information content (AvgIpc) is 3.50. The van der Waals surface area contributed by atoms with E-state index < -0.39 is 23.7 Å². The summed E-state index contributed by atoms with van der Waals surface area (Å²) < 4.78 is 10.6. The molecule has 2 aromatic carbocycles. The molecule has 2 atom stereocenters. The minimum atomic E-state index is -0.921. The van der Waals surface area contributed by atoms with Crippen LogP contribution in [-0.2, 0) is 20.7 Å². The van der Waals surface area contributed by atoms with Gasteiger partial charge in [-0.25, -0.2) is 9.78 Å². The van der Waals surface area contributed by atoms with Crippen LogP contribution < -0.4 is 9.64 Å². The van der Waals surface area contributed by atoms with E-state index in [0.717, 1.165) is 22.6 Å². The summed E-state index contributed by atoms with van der Waals surface area (Å²) >= 11 is 0.966. The van der Waals surface area contributed by atoms with Gasteiger partial charge in [-0.05, 0) is 43.2 Å². The summed E-state index contributed by atoms with van der Waals surface area (Å²) in [6, 6.07) is 13.2. The average molecular weight is 491 g/mol. The molecule has 178 valence electrons. The van der Waals surface area contributed by atoms with Crippen LogP contribution in [0.5, 0.6) is 5.75 Å². The third-order valence-corrected chi connectivity index (χ3v) is 7.23. The Labute approximate surface area is 205 Å². The molecule has 3 heterocycles. The lowest BCUT2D eigenvalue weighted by Gasteiger charge is -2.23. The standard InChI is InChI=1S/C26H22N2O6S/c1-13-11-17-12-16(9-10-18(17)34-13)21(29)19-20(15-7-5-4-6-8-15)28(24(31)22(19)30)26-27-14(2)23(35-26)25(32)33-3/h4-10,12-13,20,29H,11H2,1-3H3/b21-19+. The van der Waals surface area contributed by atoms with Crippen molar-refractivity contribution in [2.45, 2.75) is 32.4 Å². The second kappa shape index (κ2) is 8.66. The van der Waals surface area contributed by atoms with Gasteiger partial charge in [0.15, 0.2) is 5.13 Å². The molecule has 2 aliphatic heterocycles. The first-order valence-electron chi connectivity index (χ1n) is 11.0. The van der Waals surface area contributed by atoms with Crippen molar-refractivity contribution in [2.75, 3.05) is 12.0 Å². The number of fused-ring (bicyclic) bond motifs is 1. The number of ketones is 1. The summed E-state index contributed by atoms with van der Waals surface area (Å²) in [6.45, 7) is 3.59. The first kappa shape index (κ1) is 22.8. The van der Waals surface area contributed by atoms with Crippen molar-refractivity contribution >= 4 is 39.9 Å². The summed E-state index contributed by atoms with van der Waals surface area (Å²) in [5.41, 5.74) is 2.31. The van der Waals surface area contributed by atoms with E-state index in [1.165, 1.54) is 12.0 Å². The molecule has 0 bridgehead atoms. The number of rotatable bonds is 4. The molecule has 1 fully saturated rings. The number of nitrogens with zero attached hydrogens (tertiary/aromatic N) is 2. The number of aliphatic hydroxyl groups is 1. The molecule has 1 amide bonds. The highest BCUT2D eigenvalue weighted by Crippen LogP contribution is 2.44. The van der Waals surface area contributed by atoms with Crippen LogP contribution in [-0.4, -0.2) is 41.0 Å². The van der Waals surface area contributed by atoms with E-state index in [1.807, 2.05) is 13.0 Å². The Balaban J connectivity index is 1.67. The number of thiazole rings is 1. The zero-order chi connectivity index (χ0) is 24.9. The fourth-order valence-electron chi connectivity index (χ4n) is 4.47. The second-order valence-corrected chi connectivity index (χ2v) is 9.41. The molecule has 0 saturated carbocycles. The van der Waals surface area contributed by atoms with Gasteiger partial charge in [-0.1, -0.05) is 41.7 Å². The van der Waals surface area contributed by atoms with Gasteiger partial charge in [-0.2, -0.15) is 0 Å². The molecule has 0 radical (unpaired) electrons. The number of aliphatic hydroxyl groups excluding tert-OH is 1. The van der Waals surface area contributed by atoms with E-state index in [9.17, 15) is 19.5 Å². The van der Waals surface area contributed by atoms with Crippen molar-refractivity contribution in [1.29, 1.82) is 0 Å². The van der Waals surface area contributed by atoms with Gasteiger partial charge in [0, 0.05) is 12.0 Å². The molecular weight excluding hydrogens is 468 g/mol. The smallest absolute Gasteiger partial charge is 0.350 e. The second-order valence-electron chi connectivity index (χ2n) is 8.44. The lowest BCUT2D eigenvalue weighted by Crippen LogP contribution is -2.29. The molecule has 1 saturated heterocycles. The molecule has 0 spiro atoms. The van der Waals surface area contributed by atoms with Crippen molar-refractivity contribution < 1.29 is 29.0 Å². The van der Waals surface area contributed by atoms with Gasteiger partial charge in [0.25, 0.3) is 5.78 Å². The van der Waals surface area contributed by atoms with Crippen LogP contribution in [0.3, 0.4) is 0 Å². The van der Waals surface area contributed by atoms with Gasteiger partial charge >= 0.3 is 11.9 Å². The van der Waals surface area contributed by atoms with E-state index in [4.69, 9.17) is 9.47 Å². The van der Waals surface area contributed by atoms with Crippen molar-refractivity contribution in [1.82, 2.24) is 4.98 Å². The van der Waals surface area contributed by atoms with Crippen LogP contribution in [0.25, 0.3) is 5.76 Å².